The molecule has 112 valence electrons. The van der Waals surface area contributed by atoms with E-state index in [0.29, 0.717) is 17.0 Å². The van der Waals surface area contributed by atoms with Crippen molar-refractivity contribution in [1.82, 2.24) is 14.9 Å². The number of nitrogens with zero attached hydrogens (tertiary/aromatic N) is 3. The van der Waals surface area contributed by atoms with Crippen molar-refractivity contribution in [2.24, 2.45) is 0 Å². The molecule has 2 heterocycles. The second-order valence-electron chi connectivity index (χ2n) is 5.24. The molecule has 1 saturated heterocycles. The van der Waals surface area contributed by atoms with Crippen LogP contribution < -0.4 is 11.1 Å². The maximum atomic E-state index is 5.81. The Kier molecular flexibility index (Phi) is 5.06. The molecule has 2 rings (SSSR count). The molecule has 1 aromatic heterocycles. The third kappa shape index (κ3) is 3.53. The number of ether oxygens (including phenoxy) is 1. The predicted molar refractivity (Wildman–Crippen MR) is 83.1 cm³/mol. The number of hydrogen-bond acceptors (Lipinski definition) is 7. The molecule has 0 unspecified atom stereocenters. The molecule has 1 aliphatic rings. The molecule has 1 aromatic rings. The van der Waals surface area contributed by atoms with Gasteiger partial charge in [-0.1, -0.05) is 11.8 Å². The zero-order valence-electron chi connectivity index (χ0n) is 12.5. The van der Waals surface area contributed by atoms with Crippen LogP contribution in [0.2, 0.25) is 0 Å². The summed E-state index contributed by atoms with van der Waals surface area (Å²) in [5.74, 6) is 1.25. The van der Waals surface area contributed by atoms with Crippen LogP contribution in [0.1, 0.15) is 13.8 Å². The van der Waals surface area contributed by atoms with E-state index in [1.54, 1.807) is 13.2 Å². The number of anilines is 2. The van der Waals surface area contributed by atoms with Gasteiger partial charge >= 0.3 is 0 Å². The van der Waals surface area contributed by atoms with Gasteiger partial charge in [-0.3, -0.25) is 4.90 Å². The van der Waals surface area contributed by atoms with Gasteiger partial charge in [0.1, 0.15) is 11.6 Å². The standard InChI is InChI=1S/C13H23N5OS/c1-8(2)18-6-9(10(7-18)19-3)15-12-5-11(14)16-13(17-12)20-4/h5,8-10H,6-7H2,1-4H3,(H3,14,15,16,17)/t9-,10-/m0/s1. The topological polar surface area (TPSA) is 76.3 Å². The minimum absolute atomic E-state index is 0.159. The monoisotopic (exact) mass is 297 g/mol. The molecule has 0 bridgehead atoms. The van der Waals surface area contributed by atoms with Gasteiger partial charge in [0, 0.05) is 32.3 Å². The number of hydrogen-bond donors (Lipinski definition) is 2. The molecule has 0 spiro atoms. The van der Waals surface area contributed by atoms with E-state index in [2.05, 4.69) is 34.0 Å². The highest BCUT2D eigenvalue weighted by molar-refractivity contribution is 7.98. The molecule has 0 aliphatic carbocycles. The lowest BCUT2D eigenvalue weighted by Gasteiger charge is -2.20. The van der Waals surface area contributed by atoms with Crippen LogP contribution in [0.25, 0.3) is 0 Å². The molecule has 6 nitrogen and oxygen atoms in total. The lowest BCUT2D eigenvalue weighted by molar-refractivity contribution is 0.0983. The summed E-state index contributed by atoms with van der Waals surface area (Å²) < 4.78 is 5.58. The van der Waals surface area contributed by atoms with Crippen molar-refractivity contribution in [3.63, 3.8) is 0 Å². The van der Waals surface area contributed by atoms with Crippen LogP contribution in [-0.2, 0) is 4.74 Å². The SMILES string of the molecule is CO[C@H]1CN(C(C)C)C[C@@H]1Nc1cc(N)nc(SC)n1. The molecule has 3 N–H and O–H groups in total. The summed E-state index contributed by atoms with van der Waals surface area (Å²) in [6.45, 7) is 6.27. The van der Waals surface area contributed by atoms with Crippen molar-refractivity contribution < 1.29 is 4.74 Å². The van der Waals surface area contributed by atoms with Crippen molar-refractivity contribution in [1.29, 1.82) is 0 Å². The fourth-order valence-corrected chi connectivity index (χ4v) is 2.79. The van der Waals surface area contributed by atoms with Crippen LogP contribution in [0.3, 0.4) is 0 Å². The van der Waals surface area contributed by atoms with E-state index in [1.807, 2.05) is 6.26 Å². The highest BCUT2D eigenvalue weighted by Gasteiger charge is 2.34. The van der Waals surface area contributed by atoms with E-state index < -0.39 is 0 Å². The number of rotatable bonds is 5. The normalized spacial score (nSPS) is 23.4. The van der Waals surface area contributed by atoms with Crippen LogP contribution >= 0.6 is 11.8 Å². The van der Waals surface area contributed by atoms with Crippen LogP contribution in [0.4, 0.5) is 11.6 Å². The Hall–Kier alpha value is -1.05. The quantitative estimate of drug-likeness (QED) is 0.626. The first-order chi connectivity index (χ1) is 9.53. The first kappa shape index (κ1) is 15.3. The predicted octanol–water partition coefficient (Wildman–Crippen LogP) is 1.30. The van der Waals surface area contributed by atoms with Crippen molar-refractivity contribution in [2.45, 2.75) is 37.2 Å². The molecular weight excluding hydrogens is 274 g/mol. The largest absolute Gasteiger partial charge is 0.383 e. The summed E-state index contributed by atoms with van der Waals surface area (Å²) in [4.78, 5) is 11.0. The van der Waals surface area contributed by atoms with Crippen molar-refractivity contribution in [3.8, 4) is 0 Å². The molecule has 0 amide bonds. The Morgan fingerprint density at radius 3 is 2.80 bits per heavy atom. The molecule has 0 radical (unpaired) electrons. The van der Waals surface area contributed by atoms with Crippen molar-refractivity contribution in [2.75, 3.05) is 37.5 Å². The number of aromatic nitrogens is 2. The van der Waals surface area contributed by atoms with E-state index in [0.717, 1.165) is 18.9 Å². The van der Waals surface area contributed by atoms with Gasteiger partial charge in [-0.15, -0.1) is 0 Å². The van der Waals surface area contributed by atoms with Crippen molar-refractivity contribution in [3.05, 3.63) is 6.07 Å². The van der Waals surface area contributed by atoms with Gasteiger partial charge in [-0.2, -0.15) is 0 Å². The van der Waals surface area contributed by atoms with Gasteiger partial charge in [0.05, 0.1) is 12.1 Å². The summed E-state index contributed by atoms with van der Waals surface area (Å²) in [6.07, 6.45) is 2.10. The highest BCUT2D eigenvalue weighted by atomic mass is 32.2. The maximum absolute atomic E-state index is 5.81. The number of thioether (sulfide) groups is 1. The fourth-order valence-electron chi connectivity index (χ4n) is 2.40. The van der Waals surface area contributed by atoms with E-state index >= 15 is 0 Å². The molecule has 0 aromatic carbocycles. The average molecular weight is 297 g/mol. The van der Waals surface area contributed by atoms with Crippen LogP contribution in [0, 0.1) is 0 Å². The third-order valence-corrected chi connectivity index (χ3v) is 4.12. The van der Waals surface area contributed by atoms with Gasteiger partial charge in [-0.25, -0.2) is 9.97 Å². The Balaban J connectivity index is 2.10. The number of methoxy groups -OCH3 is 1. The number of likely N-dealkylation sites (tertiary alicyclic amines) is 1. The van der Waals surface area contributed by atoms with Gasteiger partial charge in [0.15, 0.2) is 5.16 Å². The summed E-state index contributed by atoms with van der Waals surface area (Å²) in [7, 11) is 1.75. The lowest BCUT2D eigenvalue weighted by atomic mass is 10.2. The first-order valence-electron chi connectivity index (χ1n) is 6.75. The first-order valence-corrected chi connectivity index (χ1v) is 7.98. The smallest absolute Gasteiger partial charge is 0.191 e. The summed E-state index contributed by atoms with van der Waals surface area (Å²) >= 11 is 1.48. The Morgan fingerprint density at radius 2 is 2.20 bits per heavy atom. The zero-order valence-corrected chi connectivity index (χ0v) is 13.3. The molecule has 2 atom stereocenters. The van der Waals surface area contributed by atoms with E-state index in [4.69, 9.17) is 10.5 Å². The van der Waals surface area contributed by atoms with Gasteiger partial charge in [0.25, 0.3) is 0 Å². The van der Waals surface area contributed by atoms with E-state index in [9.17, 15) is 0 Å². The molecule has 20 heavy (non-hydrogen) atoms. The molecule has 0 saturated carbocycles. The Morgan fingerprint density at radius 1 is 1.45 bits per heavy atom. The highest BCUT2D eigenvalue weighted by Crippen LogP contribution is 2.21. The number of nitrogen functional groups attached to an aromatic ring is 1. The van der Waals surface area contributed by atoms with Gasteiger partial charge in [0.2, 0.25) is 0 Å². The van der Waals surface area contributed by atoms with Gasteiger partial charge < -0.3 is 15.8 Å². The maximum Gasteiger partial charge on any atom is 0.191 e. The number of nitrogens with one attached hydrogen (secondary N) is 1. The third-order valence-electron chi connectivity index (χ3n) is 3.57. The zero-order chi connectivity index (χ0) is 14.7. The van der Waals surface area contributed by atoms with Gasteiger partial charge in [-0.05, 0) is 20.1 Å². The minimum atomic E-state index is 0.159. The molecule has 7 heteroatoms. The summed E-state index contributed by atoms with van der Waals surface area (Å²) in [6, 6.07) is 2.49. The number of nitrogens with two attached hydrogens (primary N) is 1. The molecule has 1 fully saturated rings. The molecular formula is C13H23N5OS. The lowest BCUT2D eigenvalue weighted by Crippen LogP contribution is -2.34. The van der Waals surface area contributed by atoms with E-state index in [1.165, 1.54) is 11.8 Å². The minimum Gasteiger partial charge on any atom is -0.383 e. The fraction of sp³-hybridized carbons (Fsp3) is 0.692. The molecule has 1 aliphatic heterocycles. The second-order valence-corrected chi connectivity index (χ2v) is 6.01. The summed E-state index contributed by atoms with van der Waals surface area (Å²) in [5.41, 5.74) is 5.81. The van der Waals surface area contributed by atoms with Crippen molar-refractivity contribution >= 4 is 23.4 Å². The Labute approximate surface area is 124 Å². The summed E-state index contributed by atoms with van der Waals surface area (Å²) in [5, 5.41) is 4.11. The van der Waals surface area contributed by atoms with Crippen LogP contribution in [0.5, 0.6) is 0 Å². The average Bonchev–Trinajstić information content (AvgIpc) is 2.81. The van der Waals surface area contributed by atoms with E-state index in [-0.39, 0.29) is 12.1 Å². The van der Waals surface area contributed by atoms with Crippen LogP contribution in [0.15, 0.2) is 11.2 Å². The Bertz CT molecular complexity index is 456. The second kappa shape index (κ2) is 6.60. The van der Waals surface area contributed by atoms with Crippen LogP contribution in [-0.4, -0.2) is 59.5 Å².